The Bertz CT molecular complexity index is 517. The smallest absolute Gasteiger partial charge is 0.249 e. The molecule has 1 fully saturated rings. The monoisotopic (exact) mass is 319 g/mol. The zero-order valence-corrected chi connectivity index (χ0v) is 14.5. The molecule has 0 aromatic heterocycles. The molecule has 1 saturated carbocycles. The second-order valence-corrected chi connectivity index (χ2v) is 6.66. The van der Waals surface area contributed by atoms with Crippen LogP contribution >= 0.6 is 0 Å². The van der Waals surface area contributed by atoms with Crippen molar-refractivity contribution >= 4 is 5.91 Å². The lowest BCUT2D eigenvalue weighted by atomic mass is 9.89. The fourth-order valence-corrected chi connectivity index (χ4v) is 3.43. The maximum atomic E-state index is 12.5. The van der Waals surface area contributed by atoms with Crippen LogP contribution < -0.4 is 0 Å². The Kier molecular flexibility index (Phi) is 6.46. The molecule has 0 bridgehead atoms. The van der Waals surface area contributed by atoms with Gasteiger partial charge < -0.3 is 14.7 Å². The summed E-state index contributed by atoms with van der Waals surface area (Å²) in [5, 5.41) is 9.63. The van der Waals surface area contributed by atoms with Gasteiger partial charge in [-0.2, -0.15) is 0 Å². The third-order valence-electron chi connectivity index (χ3n) is 4.81. The van der Waals surface area contributed by atoms with Gasteiger partial charge >= 0.3 is 0 Å². The summed E-state index contributed by atoms with van der Waals surface area (Å²) in [6, 6.07) is 7.02. The molecule has 1 aromatic carbocycles. The van der Waals surface area contributed by atoms with Gasteiger partial charge in [-0.05, 0) is 50.3 Å². The van der Waals surface area contributed by atoms with E-state index in [4.69, 9.17) is 4.74 Å². The Labute approximate surface area is 139 Å². The summed E-state index contributed by atoms with van der Waals surface area (Å²) >= 11 is 0. The molecule has 1 N–H and O–H groups in total. The van der Waals surface area contributed by atoms with E-state index in [1.165, 1.54) is 12.8 Å². The third-order valence-corrected chi connectivity index (χ3v) is 4.81. The number of rotatable bonds is 6. The number of aromatic hydroxyl groups is 1. The molecule has 0 aliphatic heterocycles. The van der Waals surface area contributed by atoms with E-state index >= 15 is 0 Å². The molecule has 0 saturated heterocycles. The highest BCUT2D eigenvalue weighted by molar-refractivity contribution is 5.78. The van der Waals surface area contributed by atoms with E-state index in [9.17, 15) is 9.90 Å². The minimum Gasteiger partial charge on any atom is -0.508 e. The molecular weight excluding hydrogens is 290 g/mol. The summed E-state index contributed by atoms with van der Waals surface area (Å²) in [5.41, 5.74) is 0.937. The summed E-state index contributed by atoms with van der Waals surface area (Å²) in [5.74, 6) is 0.934. The van der Waals surface area contributed by atoms with Gasteiger partial charge in [-0.1, -0.05) is 31.9 Å². The fourth-order valence-electron chi connectivity index (χ4n) is 3.43. The Balaban J connectivity index is 1.92. The van der Waals surface area contributed by atoms with E-state index in [1.807, 2.05) is 19.9 Å². The number of hydrogen-bond donors (Lipinski definition) is 1. The zero-order valence-electron chi connectivity index (χ0n) is 14.5. The Hall–Kier alpha value is -1.55. The van der Waals surface area contributed by atoms with Crippen LogP contribution in [0.3, 0.4) is 0 Å². The number of hydrogen-bond acceptors (Lipinski definition) is 3. The lowest BCUT2D eigenvalue weighted by Gasteiger charge is -2.31. The standard InChI is InChI=1S/C19H29NO3/c1-4-20(15(3)16-8-6-9-17(21)12-16)19(22)13-23-18-10-5-7-14(2)11-18/h6,8-9,12,14-15,18,21H,4-5,7,10-11,13H2,1-3H3/t14-,15+,18+/m0/s1. The number of phenolic OH excluding ortho intramolecular Hbond substituents is 1. The van der Waals surface area contributed by atoms with Gasteiger partial charge in [0.2, 0.25) is 5.91 Å². The molecule has 4 nitrogen and oxygen atoms in total. The molecule has 3 atom stereocenters. The second kappa shape index (κ2) is 8.34. The number of carbonyl (C=O) groups excluding carboxylic acids is 1. The van der Waals surface area contributed by atoms with Crippen molar-refractivity contribution < 1.29 is 14.6 Å². The lowest BCUT2D eigenvalue weighted by Crippen LogP contribution is -2.37. The number of likely N-dealkylation sites (N-methyl/N-ethyl adjacent to an activating group) is 1. The SMILES string of the molecule is CCN(C(=O)CO[C@@H]1CCC[C@H](C)C1)[C@H](C)c1cccc(O)c1. The predicted molar refractivity (Wildman–Crippen MR) is 91.3 cm³/mol. The Morgan fingerprint density at radius 2 is 2.22 bits per heavy atom. The number of amides is 1. The molecule has 2 rings (SSSR count). The molecule has 1 aliphatic rings. The van der Waals surface area contributed by atoms with Crippen LogP contribution in [-0.2, 0) is 9.53 Å². The number of ether oxygens (including phenoxy) is 1. The summed E-state index contributed by atoms with van der Waals surface area (Å²) in [6.45, 7) is 6.98. The van der Waals surface area contributed by atoms with Crippen LogP contribution in [0.2, 0.25) is 0 Å². The molecule has 0 spiro atoms. The second-order valence-electron chi connectivity index (χ2n) is 6.66. The van der Waals surface area contributed by atoms with Gasteiger partial charge in [0.1, 0.15) is 12.4 Å². The first-order valence-corrected chi connectivity index (χ1v) is 8.71. The average molecular weight is 319 g/mol. The normalized spacial score (nSPS) is 22.6. The first kappa shape index (κ1) is 17.8. The number of nitrogens with zero attached hydrogens (tertiary/aromatic N) is 1. The highest BCUT2D eigenvalue weighted by atomic mass is 16.5. The van der Waals surface area contributed by atoms with Crippen molar-refractivity contribution in [2.45, 2.75) is 58.6 Å². The Morgan fingerprint density at radius 3 is 2.87 bits per heavy atom. The maximum absolute atomic E-state index is 12.5. The van der Waals surface area contributed by atoms with Gasteiger partial charge in [-0.3, -0.25) is 4.79 Å². The molecule has 1 amide bonds. The molecule has 128 valence electrons. The maximum Gasteiger partial charge on any atom is 0.249 e. The van der Waals surface area contributed by atoms with Crippen LogP contribution in [-0.4, -0.2) is 35.2 Å². The van der Waals surface area contributed by atoms with E-state index in [0.717, 1.165) is 18.4 Å². The van der Waals surface area contributed by atoms with Gasteiger partial charge in [-0.25, -0.2) is 0 Å². The van der Waals surface area contributed by atoms with E-state index in [0.29, 0.717) is 12.5 Å². The van der Waals surface area contributed by atoms with Gasteiger partial charge in [0.15, 0.2) is 0 Å². The first-order valence-electron chi connectivity index (χ1n) is 8.71. The number of benzene rings is 1. The highest BCUT2D eigenvalue weighted by Gasteiger charge is 2.24. The number of phenols is 1. The zero-order chi connectivity index (χ0) is 16.8. The van der Waals surface area contributed by atoms with Crippen molar-refractivity contribution in [1.29, 1.82) is 0 Å². The van der Waals surface area contributed by atoms with E-state index in [2.05, 4.69) is 6.92 Å². The van der Waals surface area contributed by atoms with Crippen LogP contribution in [0.5, 0.6) is 5.75 Å². The molecular formula is C19H29NO3. The summed E-state index contributed by atoms with van der Waals surface area (Å²) in [7, 11) is 0. The van der Waals surface area contributed by atoms with Crippen molar-refractivity contribution in [2.24, 2.45) is 5.92 Å². The molecule has 1 aliphatic carbocycles. The van der Waals surface area contributed by atoms with Gasteiger partial charge in [0, 0.05) is 6.54 Å². The van der Waals surface area contributed by atoms with Gasteiger partial charge in [0.25, 0.3) is 0 Å². The average Bonchev–Trinajstić information content (AvgIpc) is 2.53. The third kappa shape index (κ3) is 4.96. The summed E-state index contributed by atoms with van der Waals surface area (Å²) in [6.07, 6.45) is 4.80. The molecule has 4 heteroatoms. The topological polar surface area (TPSA) is 49.8 Å². The highest BCUT2D eigenvalue weighted by Crippen LogP contribution is 2.26. The van der Waals surface area contributed by atoms with Crippen LogP contribution in [0.25, 0.3) is 0 Å². The molecule has 0 unspecified atom stereocenters. The van der Waals surface area contributed by atoms with Gasteiger partial charge in [-0.15, -0.1) is 0 Å². The first-order chi connectivity index (χ1) is 11.0. The van der Waals surface area contributed by atoms with Crippen LogP contribution in [0.15, 0.2) is 24.3 Å². The minimum atomic E-state index is -0.0755. The van der Waals surface area contributed by atoms with Gasteiger partial charge in [0.05, 0.1) is 12.1 Å². The summed E-state index contributed by atoms with van der Waals surface area (Å²) in [4.78, 5) is 14.3. The molecule has 0 heterocycles. The fraction of sp³-hybridized carbons (Fsp3) is 0.632. The van der Waals surface area contributed by atoms with Crippen molar-refractivity contribution in [3.05, 3.63) is 29.8 Å². The van der Waals surface area contributed by atoms with Crippen molar-refractivity contribution in [1.82, 2.24) is 4.90 Å². The van der Waals surface area contributed by atoms with Crippen LogP contribution in [0, 0.1) is 5.92 Å². The van der Waals surface area contributed by atoms with E-state index in [-0.39, 0.29) is 30.4 Å². The van der Waals surface area contributed by atoms with E-state index < -0.39 is 0 Å². The Morgan fingerprint density at radius 1 is 1.43 bits per heavy atom. The van der Waals surface area contributed by atoms with Crippen molar-refractivity contribution in [3.63, 3.8) is 0 Å². The predicted octanol–water partition coefficient (Wildman–Crippen LogP) is 3.90. The minimum absolute atomic E-state index is 0.0153. The van der Waals surface area contributed by atoms with Crippen LogP contribution in [0.1, 0.15) is 58.1 Å². The molecule has 23 heavy (non-hydrogen) atoms. The quantitative estimate of drug-likeness (QED) is 0.865. The molecule has 0 radical (unpaired) electrons. The molecule has 1 aromatic rings. The van der Waals surface area contributed by atoms with Crippen molar-refractivity contribution in [3.8, 4) is 5.75 Å². The van der Waals surface area contributed by atoms with Crippen molar-refractivity contribution in [2.75, 3.05) is 13.2 Å². The lowest BCUT2D eigenvalue weighted by molar-refractivity contribution is -0.141. The van der Waals surface area contributed by atoms with E-state index in [1.54, 1.807) is 23.1 Å². The van der Waals surface area contributed by atoms with Crippen LogP contribution in [0.4, 0.5) is 0 Å². The summed E-state index contributed by atoms with van der Waals surface area (Å²) < 4.78 is 5.87. The number of carbonyl (C=O) groups is 1. The largest absolute Gasteiger partial charge is 0.508 e.